The van der Waals surface area contributed by atoms with E-state index in [1.165, 1.54) is 0 Å². The van der Waals surface area contributed by atoms with Crippen molar-refractivity contribution in [2.75, 3.05) is 0 Å². The number of carboxylic acid groups (broad SMARTS) is 1. The maximum absolute atomic E-state index is 11.6. The lowest BCUT2D eigenvalue weighted by atomic mass is 10.2. The van der Waals surface area contributed by atoms with Crippen molar-refractivity contribution in [3.63, 3.8) is 0 Å². The third-order valence-corrected chi connectivity index (χ3v) is 1.63. The lowest BCUT2D eigenvalue weighted by Crippen LogP contribution is -2.53. The first-order chi connectivity index (χ1) is 8.82. The molecule has 0 rings (SSSR count). The summed E-state index contributed by atoms with van der Waals surface area (Å²) in [5.41, 5.74) is 0.492. The Morgan fingerprint density at radius 2 is 1.50 bits per heavy atom. The van der Waals surface area contributed by atoms with Crippen LogP contribution in [0, 0.1) is 0 Å². The Balaban J connectivity index is 4.62. The number of carboxylic acids is 1. The van der Waals surface area contributed by atoms with Crippen molar-refractivity contribution in [3.8, 4) is 0 Å². The number of hydroxylamine groups is 1. The van der Waals surface area contributed by atoms with E-state index in [9.17, 15) is 14.4 Å². The van der Waals surface area contributed by atoms with Crippen LogP contribution >= 0.6 is 0 Å². The molecule has 0 spiro atoms. The molecule has 0 heterocycles. The molecule has 1 atom stereocenters. The number of carbonyl (C=O) groups excluding carboxylic acids is 2. The summed E-state index contributed by atoms with van der Waals surface area (Å²) in [6, 6.07) is -1.80. The van der Waals surface area contributed by atoms with Gasteiger partial charge in [0, 0.05) is 0 Å². The van der Waals surface area contributed by atoms with E-state index in [1.807, 2.05) is 10.8 Å². The molecular weight excluding hydrogens is 268 g/mol. The molecule has 0 aromatic rings. The molecule has 2 amide bonds. The normalized spacial score (nSPS) is 13.3. The van der Waals surface area contributed by atoms with E-state index < -0.39 is 35.2 Å². The molecule has 0 aliphatic heterocycles. The Bertz CT molecular complexity index is 380. The number of aliphatic carboxylic acids is 1. The summed E-state index contributed by atoms with van der Waals surface area (Å²) in [5, 5.41) is 10.9. The van der Waals surface area contributed by atoms with Gasteiger partial charge in [-0.15, -0.1) is 0 Å². The van der Waals surface area contributed by atoms with E-state index in [4.69, 9.17) is 14.7 Å². The molecule has 116 valence electrons. The standard InChI is InChI=1S/C12H22N2O6/c1-11(2,3)19-10(18)13-7(9(16)17)8(15)14-20-12(4,5)6/h7H,1-6H3,(H,13,18)(H,14,15)(H,16,17). The van der Waals surface area contributed by atoms with E-state index >= 15 is 0 Å². The van der Waals surface area contributed by atoms with Crippen LogP contribution in [0.1, 0.15) is 41.5 Å². The SMILES string of the molecule is CC(C)(C)ONC(=O)C(NC(=O)OC(C)(C)C)C(=O)O. The number of rotatable bonds is 4. The van der Waals surface area contributed by atoms with Gasteiger partial charge in [0.2, 0.25) is 6.04 Å². The highest BCUT2D eigenvalue weighted by Crippen LogP contribution is 2.07. The molecule has 0 radical (unpaired) electrons. The third kappa shape index (κ3) is 8.30. The summed E-state index contributed by atoms with van der Waals surface area (Å²) >= 11 is 0. The Morgan fingerprint density at radius 3 is 1.85 bits per heavy atom. The Hall–Kier alpha value is -1.83. The van der Waals surface area contributed by atoms with Crippen LogP contribution < -0.4 is 10.8 Å². The number of hydrogen-bond acceptors (Lipinski definition) is 5. The molecule has 0 saturated heterocycles. The second kappa shape index (κ2) is 6.56. The summed E-state index contributed by atoms with van der Waals surface area (Å²) in [6.45, 7) is 9.86. The second-order valence-electron chi connectivity index (χ2n) is 6.10. The highest BCUT2D eigenvalue weighted by molar-refractivity contribution is 6.03. The first-order valence-corrected chi connectivity index (χ1v) is 6.02. The van der Waals surface area contributed by atoms with Gasteiger partial charge in [0.25, 0.3) is 5.91 Å². The summed E-state index contributed by atoms with van der Waals surface area (Å²) in [4.78, 5) is 39.0. The van der Waals surface area contributed by atoms with Gasteiger partial charge < -0.3 is 9.84 Å². The molecule has 0 aromatic heterocycles. The molecule has 0 bridgehead atoms. The minimum atomic E-state index is -1.80. The predicted octanol–water partition coefficient (Wildman–Crippen LogP) is 0.811. The first-order valence-electron chi connectivity index (χ1n) is 6.02. The zero-order valence-corrected chi connectivity index (χ0v) is 12.6. The van der Waals surface area contributed by atoms with Crippen LogP contribution in [0.3, 0.4) is 0 Å². The van der Waals surface area contributed by atoms with Crippen LogP contribution in [0.25, 0.3) is 0 Å². The molecule has 3 N–H and O–H groups in total. The molecular formula is C12H22N2O6. The first kappa shape index (κ1) is 18.2. The quantitative estimate of drug-likeness (QED) is 0.521. The molecule has 1 unspecified atom stereocenters. The van der Waals surface area contributed by atoms with Crippen LogP contribution in [0.2, 0.25) is 0 Å². The van der Waals surface area contributed by atoms with Gasteiger partial charge in [0.05, 0.1) is 5.60 Å². The summed E-state index contributed by atoms with van der Waals surface area (Å²) in [6.07, 6.45) is -1.00. The highest BCUT2D eigenvalue weighted by Gasteiger charge is 2.31. The van der Waals surface area contributed by atoms with E-state index in [0.717, 1.165) is 0 Å². The minimum Gasteiger partial charge on any atom is -0.479 e. The van der Waals surface area contributed by atoms with Gasteiger partial charge in [0.15, 0.2) is 0 Å². The van der Waals surface area contributed by atoms with Crippen LogP contribution in [0.15, 0.2) is 0 Å². The summed E-state index contributed by atoms with van der Waals surface area (Å²) < 4.78 is 4.88. The molecule has 0 fully saturated rings. The number of nitrogens with one attached hydrogen (secondary N) is 2. The zero-order chi connectivity index (χ0) is 16.1. The van der Waals surface area contributed by atoms with Crippen molar-refractivity contribution in [1.82, 2.24) is 10.8 Å². The molecule has 8 heteroatoms. The van der Waals surface area contributed by atoms with Gasteiger partial charge in [-0.05, 0) is 41.5 Å². The minimum absolute atomic E-state index is 0.690. The van der Waals surface area contributed by atoms with E-state index in [-0.39, 0.29) is 0 Å². The molecule has 0 aliphatic rings. The lowest BCUT2D eigenvalue weighted by Gasteiger charge is -2.23. The van der Waals surface area contributed by atoms with Crippen molar-refractivity contribution in [2.45, 2.75) is 58.8 Å². The van der Waals surface area contributed by atoms with Gasteiger partial charge in [-0.25, -0.2) is 15.1 Å². The monoisotopic (exact) mass is 290 g/mol. The molecule has 0 saturated carbocycles. The van der Waals surface area contributed by atoms with Crippen LogP contribution in [0.5, 0.6) is 0 Å². The number of ether oxygens (including phenoxy) is 1. The number of alkyl carbamates (subject to hydrolysis) is 1. The van der Waals surface area contributed by atoms with Crippen molar-refractivity contribution in [1.29, 1.82) is 0 Å². The molecule has 8 nitrogen and oxygen atoms in total. The van der Waals surface area contributed by atoms with Crippen molar-refractivity contribution in [3.05, 3.63) is 0 Å². The van der Waals surface area contributed by atoms with E-state index in [0.29, 0.717) is 0 Å². The average molecular weight is 290 g/mol. The van der Waals surface area contributed by atoms with Gasteiger partial charge in [-0.1, -0.05) is 0 Å². The lowest BCUT2D eigenvalue weighted by molar-refractivity contribution is -0.155. The fourth-order valence-electron chi connectivity index (χ4n) is 0.927. The zero-order valence-electron chi connectivity index (χ0n) is 12.6. The van der Waals surface area contributed by atoms with Crippen molar-refractivity contribution < 1.29 is 29.1 Å². The Morgan fingerprint density at radius 1 is 1.00 bits per heavy atom. The average Bonchev–Trinajstić information content (AvgIpc) is 2.18. The van der Waals surface area contributed by atoms with Gasteiger partial charge in [-0.3, -0.25) is 14.9 Å². The highest BCUT2D eigenvalue weighted by atomic mass is 16.7. The maximum Gasteiger partial charge on any atom is 0.408 e. The van der Waals surface area contributed by atoms with Gasteiger partial charge in [0.1, 0.15) is 5.60 Å². The predicted molar refractivity (Wildman–Crippen MR) is 69.8 cm³/mol. The fraction of sp³-hybridized carbons (Fsp3) is 0.750. The fourth-order valence-corrected chi connectivity index (χ4v) is 0.927. The largest absolute Gasteiger partial charge is 0.479 e. The Labute approximate surface area is 117 Å². The van der Waals surface area contributed by atoms with Crippen LogP contribution in [-0.4, -0.2) is 40.3 Å². The van der Waals surface area contributed by atoms with Gasteiger partial charge in [-0.2, -0.15) is 0 Å². The summed E-state index contributed by atoms with van der Waals surface area (Å²) in [7, 11) is 0. The van der Waals surface area contributed by atoms with Gasteiger partial charge >= 0.3 is 12.1 Å². The van der Waals surface area contributed by atoms with Crippen molar-refractivity contribution in [2.24, 2.45) is 0 Å². The molecule has 20 heavy (non-hydrogen) atoms. The maximum atomic E-state index is 11.6. The number of hydrogen-bond donors (Lipinski definition) is 3. The molecule has 0 aliphatic carbocycles. The van der Waals surface area contributed by atoms with Crippen LogP contribution in [-0.2, 0) is 19.2 Å². The third-order valence-electron chi connectivity index (χ3n) is 1.63. The van der Waals surface area contributed by atoms with Crippen molar-refractivity contribution >= 4 is 18.0 Å². The smallest absolute Gasteiger partial charge is 0.408 e. The second-order valence-corrected chi connectivity index (χ2v) is 6.10. The summed E-state index contributed by atoms with van der Waals surface area (Å²) in [5.74, 6) is -2.52. The molecule has 0 aromatic carbocycles. The van der Waals surface area contributed by atoms with E-state index in [2.05, 4.69) is 0 Å². The topological polar surface area (TPSA) is 114 Å². The van der Waals surface area contributed by atoms with Crippen LogP contribution in [0.4, 0.5) is 4.79 Å². The Kier molecular flexibility index (Phi) is 5.96. The number of amides is 2. The van der Waals surface area contributed by atoms with E-state index in [1.54, 1.807) is 41.5 Å². The number of carbonyl (C=O) groups is 3.